The molecule has 2 aromatic carbocycles. The van der Waals surface area contributed by atoms with E-state index >= 15 is 0 Å². The van der Waals surface area contributed by atoms with Crippen LogP contribution in [0.15, 0.2) is 41.3 Å². The Hall–Kier alpha value is -2.18. The number of aryl methyl sites for hydroxylation is 1. The Labute approximate surface area is 148 Å². The zero-order valence-electron chi connectivity index (χ0n) is 14.6. The number of sulfonamides is 1. The summed E-state index contributed by atoms with van der Waals surface area (Å²) >= 11 is 0. The molecule has 0 fully saturated rings. The first-order valence-corrected chi connectivity index (χ1v) is 9.77. The summed E-state index contributed by atoms with van der Waals surface area (Å²) in [6.45, 7) is 6.09. The quantitative estimate of drug-likeness (QED) is 0.896. The maximum Gasteiger partial charge on any atom is 0.254 e. The highest BCUT2D eigenvalue weighted by molar-refractivity contribution is 7.89. The smallest absolute Gasteiger partial charge is 0.254 e. The fraction of sp³-hybridized carbons (Fsp3) is 0.316. The van der Waals surface area contributed by atoms with Crippen LogP contribution in [0.4, 0.5) is 0 Å². The second kappa shape index (κ2) is 6.28. The van der Waals surface area contributed by atoms with Crippen molar-refractivity contribution in [2.24, 2.45) is 5.14 Å². The lowest BCUT2D eigenvalue weighted by atomic mass is 9.93. The van der Waals surface area contributed by atoms with E-state index in [9.17, 15) is 13.2 Å². The number of hydrogen-bond acceptors (Lipinski definition) is 3. The molecule has 0 radical (unpaired) electrons. The Morgan fingerprint density at radius 1 is 1.20 bits per heavy atom. The molecule has 0 bridgehead atoms. The highest BCUT2D eigenvalue weighted by Gasteiger charge is 2.29. The molecule has 1 aliphatic heterocycles. The standard InChI is InChI=1S/C19H22N2O3S/c1-12-10-16(11-18(13(12)2)25(20,23)24)19(22)21-9-8-15-6-4-5-7-17(15)14(21)3/h4-7,10-11,14H,8-9H2,1-3H3,(H2,20,23,24). The molecule has 1 amide bonds. The van der Waals surface area contributed by atoms with Crippen molar-refractivity contribution in [3.05, 3.63) is 64.2 Å². The van der Waals surface area contributed by atoms with Gasteiger partial charge < -0.3 is 4.90 Å². The molecule has 2 N–H and O–H groups in total. The van der Waals surface area contributed by atoms with E-state index < -0.39 is 10.0 Å². The Balaban J connectivity index is 2.01. The van der Waals surface area contributed by atoms with E-state index in [1.165, 1.54) is 11.6 Å². The van der Waals surface area contributed by atoms with Crippen LogP contribution in [0.25, 0.3) is 0 Å². The van der Waals surface area contributed by atoms with Crippen molar-refractivity contribution >= 4 is 15.9 Å². The molecule has 2 aromatic rings. The maximum absolute atomic E-state index is 13.1. The van der Waals surface area contributed by atoms with Gasteiger partial charge in [0.05, 0.1) is 10.9 Å². The molecular formula is C19H22N2O3S. The van der Waals surface area contributed by atoms with Crippen molar-refractivity contribution in [1.82, 2.24) is 4.90 Å². The van der Waals surface area contributed by atoms with E-state index in [1.807, 2.05) is 25.1 Å². The summed E-state index contributed by atoms with van der Waals surface area (Å²) in [7, 11) is -3.88. The molecule has 1 aliphatic rings. The van der Waals surface area contributed by atoms with Crippen LogP contribution in [0.5, 0.6) is 0 Å². The van der Waals surface area contributed by atoms with Crippen LogP contribution in [-0.4, -0.2) is 25.8 Å². The molecule has 0 aliphatic carbocycles. The Bertz CT molecular complexity index is 951. The van der Waals surface area contributed by atoms with Gasteiger partial charge in [0.1, 0.15) is 0 Å². The number of benzene rings is 2. The van der Waals surface area contributed by atoms with Gasteiger partial charge in [-0.05, 0) is 61.6 Å². The number of hydrogen-bond donors (Lipinski definition) is 1. The van der Waals surface area contributed by atoms with Crippen LogP contribution in [0, 0.1) is 13.8 Å². The average Bonchev–Trinajstić information content (AvgIpc) is 2.56. The second-order valence-corrected chi connectivity index (χ2v) is 8.11. The summed E-state index contributed by atoms with van der Waals surface area (Å²) in [4.78, 5) is 14.9. The van der Waals surface area contributed by atoms with Gasteiger partial charge >= 0.3 is 0 Å². The summed E-state index contributed by atoms with van der Waals surface area (Å²) in [5.41, 5.74) is 4.07. The van der Waals surface area contributed by atoms with Crippen molar-refractivity contribution in [1.29, 1.82) is 0 Å². The minimum Gasteiger partial charge on any atom is -0.332 e. The topological polar surface area (TPSA) is 80.5 Å². The number of rotatable bonds is 2. The van der Waals surface area contributed by atoms with E-state index in [0.29, 0.717) is 17.7 Å². The van der Waals surface area contributed by atoms with Crippen LogP contribution >= 0.6 is 0 Å². The number of primary sulfonamides is 1. The van der Waals surface area contributed by atoms with Crippen LogP contribution in [0.1, 0.15) is 45.6 Å². The fourth-order valence-electron chi connectivity index (χ4n) is 3.46. The number of amides is 1. The number of fused-ring (bicyclic) bond motifs is 1. The van der Waals surface area contributed by atoms with Crippen molar-refractivity contribution in [3.8, 4) is 0 Å². The Morgan fingerprint density at radius 3 is 2.56 bits per heavy atom. The summed E-state index contributed by atoms with van der Waals surface area (Å²) < 4.78 is 23.7. The van der Waals surface area contributed by atoms with Crippen LogP contribution < -0.4 is 5.14 Å². The molecule has 132 valence electrons. The summed E-state index contributed by atoms with van der Waals surface area (Å²) in [6, 6.07) is 11.2. The molecule has 1 unspecified atom stereocenters. The number of nitrogens with zero attached hydrogens (tertiary/aromatic N) is 1. The van der Waals surface area contributed by atoms with Crippen LogP contribution in [-0.2, 0) is 16.4 Å². The number of nitrogens with two attached hydrogens (primary N) is 1. The second-order valence-electron chi connectivity index (χ2n) is 6.58. The van der Waals surface area contributed by atoms with Crippen LogP contribution in [0.2, 0.25) is 0 Å². The molecule has 25 heavy (non-hydrogen) atoms. The van der Waals surface area contributed by atoms with E-state index in [0.717, 1.165) is 17.5 Å². The third-order valence-corrected chi connectivity index (χ3v) is 6.07. The van der Waals surface area contributed by atoms with Gasteiger partial charge in [-0.1, -0.05) is 24.3 Å². The monoisotopic (exact) mass is 358 g/mol. The van der Waals surface area contributed by atoms with Crippen molar-refractivity contribution in [2.75, 3.05) is 6.54 Å². The zero-order valence-corrected chi connectivity index (χ0v) is 15.4. The van der Waals surface area contributed by atoms with Gasteiger partial charge in [0.15, 0.2) is 0 Å². The van der Waals surface area contributed by atoms with E-state index in [-0.39, 0.29) is 16.8 Å². The predicted octanol–water partition coefficient (Wildman–Crippen LogP) is 2.71. The molecule has 1 heterocycles. The first kappa shape index (κ1) is 17.6. The lowest BCUT2D eigenvalue weighted by Crippen LogP contribution is -2.39. The predicted molar refractivity (Wildman–Crippen MR) is 96.9 cm³/mol. The SMILES string of the molecule is Cc1cc(C(=O)N2CCc3ccccc3C2C)cc(S(N)(=O)=O)c1C. The first-order valence-electron chi connectivity index (χ1n) is 8.23. The third-order valence-electron chi connectivity index (χ3n) is 5.03. The van der Waals surface area contributed by atoms with Gasteiger partial charge in [-0.3, -0.25) is 4.79 Å². The molecule has 3 rings (SSSR count). The van der Waals surface area contributed by atoms with Crippen molar-refractivity contribution in [3.63, 3.8) is 0 Å². The van der Waals surface area contributed by atoms with E-state index in [4.69, 9.17) is 5.14 Å². The maximum atomic E-state index is 13.1. The minimum absolute atomic E-state index is 0.0147. The lowest BCUT2D eigenvalue weighted by Gasteiger charge is -2.35. The van der Waals surface area contributed by atoms with Gasteiger partial charge in [0, 0.05) is 12.1 Å². The number of carbonyl (C=O) groups excluding carboxylic acids is 1. The zero-order chi connectivity index (χ0) is 18.4. The average molecular weight is 358 g/mol. The normalized spacial score (nSPS) is 17.3. The molecule has 6 heteroatoms. The van der Waals surface area contributed by atoms with Gasteiger partial charge in [0.2, 0.25) is 10.0 Å². The largest absolute Gasteiger partial charge is 0.332 e. The Morgan fingerprint density at radius 2 is 1.88 bits per heavy atom. The highest BCUT2D eigenvalue weighted by Crippen LogP contribution is 2.31. The van der Waals surface area contributed by atoms with Gasteiger partial charge in [-0.15, -0.1) is 0 Å². The molecule has 0 saturated heterocycles. The van der Waals surface area contributed by atoms with E-state index in [2.05, 4.69) is 6.07 Å². The molecule has 0 saturated carbocycles. The number of carbonyl (C=O) groups is 1. The van der Waals surface area contributed by atoms with Crippen LogP contribution in [0.3, 0.4) is 0 Å². The molecule has 1 atom stereocenters. The minimum atomic E-state index is -3.88. The summed E-state index contributed by atoms with van der Waals surface area (Å²) in [5.74, 6) is -0.171. The molecule has 0 spiro atoms. The highest BCUT2D eigenvalue weighted by atomic mass is 32.2. The Kier molecular flexibility index (Phi) is 4.43. The summed E-state index contributed by atoms with van der Waals surface area (Å²) in [6.07, 6.45) is 0.791. The molecule has 5 nitrogen and oxygen atoms in total. The first-order chi connectivity index (χ1) is 11.7. The molecule has 0 aromatic heterocycles. The fourth-order valence-corrected chi connectivity index (χ4v) is 4.34. The lowest BCUT2D eigenvalue weighted by molar-refractivity contribution is 0.0677. The molecular weight excluding hydrogens is 336 g/mol. The summed E-state index contributed by atoms with van der Waals surface area (Å²) in [5, 5.41) is 5.31. The van der Waals surface area contributed by atoms with Crippen molar-refractivity contribution in [2.45, 2.75) is 38.1 Å². The van der Waals surface area contributed by atoms with Gasteiger partial charge in [-0.25, -0.2) is 13.6 Å². The van der Waals surface area contributed by atoms with E-state index in [1.54, 1.807) is 24.8 Å². The van der Waals surface area contributed by atoms with Crippen molar-refractivity contribution < 1.29 is 13.2 Å². The van der Waals surface area contributed by atoms with Gasteiger partial charge in [-0.2, -0.15) is 0 Å². The third kappa shape index (κ3) is 3.19. The van der Waals surface area contributed by atoms with Gasteiger partial charge in [0.25, 0.3) is 5.91 Å².